The molecule has 0 saturated carbocycles. The van der Waals surface area contributed by atoms with Crippen molar-refractivity contribution in [3.63, 3.8) is 0 Å². The number of rotatable bonds is 8. The molecule has 1 heterocycles. The second-order valence-electron chi connectivity index (χ2n) is 4.30. The molecule has 1 rings (SSSR count). The molecule has 0 radical (unpaired) electrons. The molecule has 116 valence electrons. The largest absolute Gasteiger partial charge is 0.462 e. The average Bonchev–Trinajstić information content (AvgIpc) is 2.48. The van der Waals surface area contributed by atoms with Crippen molar-refractivity contribution in [2.75, 3.05) is 32.2 Å². The van der Waals surface area contributed by atoms with Gasteiger partial charge < -0.3 is 20.1 Å². The first kappa shape index (κ1) is 16.9. The minimum Gasteiger partial charge on any atom is -0.462 e. The molecule has 0 fully saturated rings. The summed E-state index contributed by atoms with van der Waals surface area (Å²) in [5.41, 5.74) is 0.375. The Balaban J connectivity index is 2.51. The summed E-state index contributed by atoms with van der Waals surface area (Å²) in [6.07, 6.45) is 1.41. The van der Waals surface area contributed by atoms with Crippen molar-refractivity contribution >= 4 is 17.7 Å². The number of ether oxygens (including phenoxy) is 2. The zero-order valence-corrected chi connectivity index (χ0v) is 12.5. The predicted molar refractivity (Wildman–Crippen MR) is 78.2 cm³/mol. The van der Waals surface area contributed by atoms with Crippen molar-refractivity contribution < 1.29 is 19.1 Å². The van der Waals surface area contributed by atoms with Gasteiger partial charge in [-0.25, -0.2) is 9.78 Å². The second kappa shape index (κ2) is 8.91. The summed E-state index contributed by atoms with van der Waals surface area (Å²) in [4.78, 5) is 27.3. The normalized spacial score (nSPS) is 11.6. The molecule has 2 N–H and O–H groups in total. The van der Waals surface area contributed by atoms with Gasteiger partial charge in [0.05, 0.1) is 18.8 Å². The number of aromatic nitrogens is 1. The number of nitrogens with zero attached hydrogens (tertiary/aromatic N) is 1. The van der Waals surface area contributed by atoms with Crippen molar-refractivity contribution in [1.82, 2.24) is 10.3 Å². The van der Waals surface area contributed by atoms with Crippen LogP contribution in [-0.2, 0) is 14.3 Å². The number of esters is 1. The van der Waals surface area contributed by atoms with E-state index in [0.29, 0.717) is 31.1 Å². The van der Waals surface area contributed by atoms with E-state index in [2.05, 4.69) is 15.6 Å². The van der Waals surface area contributed by atoms with Crippen molar-refractivity contribution in [3.05, 3.63) is 23.9 Å². The van der Waals surface area contributed by atoms with Gasteiger partial charge >= 0.3 is 5.97 Å². The SMILES string of the molecule is CCOC(=O)c1ccc(NC(C)C(=O)NCCOC)nc1. The number of carbonyl (C=O) groups is 2. The number of amides is 1. The molecule has 1 aromatic heterocycles. The Bertz CT molecular complexity index is 462. The van der Waals surface area contributed by atoms with E-state index < -0.39 is 12.0 Å². The summed E-state index contributed by atoms with van der Waals surface area (Å²) in [7, 11) is 1.57. The van der Waals surface area contributed by atoms with E-state index in [1.807, 2.05) is 0 Å². The van der Waals surface area contributed by atoms with Crippen LogP contribution in [0.5, 0.6) is 0 Å². The van der Waals surface area contributed by atoms with Crippen LogP contribution in [0.15, 0.2) is 18.3 Å². The summed E-state index contributed by atoms with van der Waals surface area (Å²) in [5, 5.41) is 5.67. The predicted octanol–water partition coefficient (Wildman–Crippen LogP) is 0.821. The summed E-state index contributed by atoms with van der Waals surface area (Å²) in [6, 6.07) is 2.79. The number of hydrogen-bond acceptors (Lipinski definition) is 6. The average molecular weight is 295 g/mol. The summed E-state index contributed by atoms with van der Waals surface area (Å²) >= 11 is 0. The van der Waals surface area contributed by atoms with E-state index in [-0.39, 0.29) is 5.91 Å². The highest BCUT2D eigenvalue weighted by Crippen LogP contribution is 2.07. The molecule has 1 atom stereocenters. The van der Waals surface area contributed by atoms with E-state index in [4.69, 9.17) is 9.47 Å². The minimum absolute atomic E-state index is 0.150. The Labute approximate surface area is 124 Å². The highest BCUT2D eigenvalue weighted by molar-refractivity contribution is 5.89. The van der Waals surface area contributed by atoms with Crippen molar-refractivity contribution in [3.8, 4) is 0 Å². The molecular weight excluding hydrogens is 274 g/mol. The maximum atomic E-state index is 11.8. The maximum Gasteiger partial charge on any atom is 0.339 e. The molecule has 1 amide bonds. The maximum absolute atomic E-state index is 11.8. The smallest absolute Gasteiger partial charge is 0.339 e. The van der Waals surface area contributed by atoms with Gasteiger partial charge in [0.25, 0.3) is 0 Å². The van der Waals surface area contributed by atoms with E-state index >= 15 is 0 Å². The molecule has 0 aliphatic heterocycles. The van der Waals surface area contributed by atoms with Gasteiger partial charge in [0.15, 0.2) is 0 Å². The number of carbonyl (C=O) groups excluding carboxylic acids is 2. The summed E-state index contributed by atoms with van der Waals surface area (Å²) < 4.78 is 9.72. The van der Waals surface area contributed by atoms with Crippen LogP contribution in [0, 0.1) is 0 Å². The van der Waals surface area contributed by atoms with E-state index in [9.17, 15) is 9.59 Å². The topological polar surface area (TPSA) is 89.5 Å². The van der Waals surface area contributed by atoms with Gasteiger partial charge in [-0.2, -0.15) is 0 Å². The molecule has 21 heavy (non-hydrogen) atoms. The molecule has 0 aliphatic carbocycles. The third-order valence-corrected chi connectivity index (χ3v) is 2.64. The standard InChI is InChI=1S/C14H21N3O4/c1-4-21-14(19)11-5-6-12(16-9-11)17-10(2)13(18)15-7-8-20-3/h5-6,9-10H,4,7-8H2,1-3H3,(H,15,18)(H,16,17). The first-order chi connectivity index (χ1) is 10.1. The van der Waals surface area contributed by atoms with E-state index in [0.717, 1.165) is 0 Å². The lowest BCUT2D eigenvalue weighted by Crippen LogP contribution is -2.39. The fourth-order valence-corrected chi connectivity index (χ4v) is 1.53. The zero-order valence-electron chi connectivity index (χ0n) is 12.5. The molecule has 0 bridgehead atoms. The third-order valence-electron chi connectivity index (χ3n) is 2.64. The first-order valence-electron chi connectivity index (χ1n) is 6.74. The van der Waals surface area contributed by atoms with Crippen LogP contribution in [0.25, 0.3) is 0 Å². The van der Waals surface area contributed by atoms with Crippen molar-refractivity contribution in [2.45, 2.75) is 19.9 Å². The molecule has 0 aliphatic rings. The Hall–Kier alpha value is -2.15. The number of methoxy groups -OCH3 is 1. The Morgan fingerprint density at radius 2 is 2.14 bits per heavy atom. The van der Waals surface area contributed by atoms with Gasteiger partial charge in [0.1, 0.15) is 11.9 Å². The Kier molecular flexibility index (Phi) is 7.17. The molecule has 7 nitrogen and oxygen atoms in total. The van der Waals surface area contributed by atoms with Gasteiger partial charge in [0, 0.05) is 19.9 Å². The van der Waals surface area contributed by atoms with Crippen molar-refractivity contribution in [1.29, 1.82) is 0 Å². The lowest BCUT2D eigenvalue weighted by Gasteiger charge is -2.14. The van der Waals surface area contributed by atoms with E-state index in [1.54, 1.807) is 33.1 Å². The number of hydrogen-bond donors (Lipinski definition) is 2. The Morgan fingerprint density at radius 1 is 1.38 bits per heavy atom. The van der Waals surface area contributed by atoms with Gasteiger partial charge in [-0.15, -0.1) is 0 Å². The molecule has 0 spiro atoms. The molecular formula is C14H21N3O4. The number of anilines is 1. The summed E-state index contributed by atoms with van der Waals surface area (Å²) in [6.45, 7) is 4.70. The van der Waals surface area contributed by atoms with Gasteiger partial charge in [0.2, 0.25) is 5.91 Å². The minimum atomic E-state index is -0.442. The highest BCUT2D eigenvalue weighted by atomic mass is 16.5. The quantitative estimate of drug-likeness (QED) is 0.545. The van der Waals surface area contributed by atoms with E-state index in [1.165, 1.54) is 6.20 Å². The van der Waals surface area contributed by atoms with Crippen LogP contribution in [-0.4, -0.2) is 49.8 Å². The lowest BCUT2D eigenvalue weighted by atomic mass is 10.2. The van der Waals surface area contributed by atoms with Gasteiger partial charge in [-0.05, 0) is 26.0 Å². The van der Waals surface area contributed by atoms with Gasteiger partial charge in [-0.3, -0.25) is 4.79 Å². The molecule has 7 heteroatoms. The van der Waals surface area contributed by atoms with Crippen LogP contribution in [0.4, 0.5) is 5.82 Å². The highest BCUT2D eigenvalue weighted by Gasteiger charge is 2.13. The van der Waals surface area contributed by atoms with Gasteiger partial charge in [-0.1, -0.05) is 0 Å². The molecule has 0 aromatic carbocycles. The second-order valence-corrected chi connectivity index (χ2v) is 4.30. The first-order valence-corrected chi connectivity index (χ1v) is 6.74. The molecule has 1 aromatic rings. The summed E-state index contributed by atoms with van der Waals surface area (Å²) in [5.74, 6) is -0.0531. The fourth-order valence-electron chi connectivity index (χ4n) is 1.53. The monoisotopic (exact) mass is 295 g/mol. The van der Waals surface area contributed by atoms with Crippen LogP contribution in [0.2, 0.25) is 0 Å². The zero-order chi connectivity index (χ0) is 15.7. The fraction of sp³-hybridized carbons (Fsp3) is 0.500. The third kappa shape index (κ3) is 5.78. The van der Waals surface area contributed by atoms with Crippen molar-refractivity contribution in [2.24, 2.45) is 0 Å². The lowest BCUT2D eigenvalue weighted by molar-refractivity contribution is -0.121. The van der Waals surface area contributed by atoms with Crippen LogP contribution in [0.1, 0.15) is 24.2 Å². The number of pyridine rings is 1. The Morgan fingerprint density at radius 3 is 2.71 bits per heavy atom. The van der Waals surface area contributed by atoms with Crippen LogP contribution < -0.4 is 10.6 Å². The van der Waals surface area contributed by atoms with Crippen LogP contribution >= 0.6 is 0 Å². The molecule has 1 unspecified atom stereocenters. The number of nitrogens with one attached hydrogen (secondary N) is 2. The van der Waals surface area contributed by atoms with Crippen LogP contribution in [0.3, 0.4) is 0 Å². The molecule has 0 saturated heterocycles.